The van der Waals surface area contributed by atoms with Gasteiger partial charge in [0.2, 0.25) is 0 Å². The summed E-state index contributed by atoms with van der Waals surface area (Å²) in [6.07, 6.45) is 0. The van der Waals surface area contributed by atoms with Crippen molar-refractivity contribution < 1.29 is 22.8 Å². The Hall–Kier alpha value is -3.03. The molecule has 0 fully saturated rings. The van der Waals surface area contributed by atoms with Gasteiger partial charge in [-0.15, -0.1) is 0 Å². The average Bonchev–Trinajstić information content (AvgIpc) is 2.48. The lowest BCUT2D eigenvalue weighted by molar-refractivity contribution is 0.0968. The van der Waals surface area contributed by atoms with Crippen molar-refractivity contribution >= 4 is 23.3 Å². The number of para-hydroxylation sites is 1. The molecule has 2 rings (SSSR count). The Labute approximate surface area is 122 Å². The number of halogens is 3. The third-order valence-electron chi connectivity index (χ3n) is 2.72. The molecule has 0 aliphatic carbocycles. The van der Waals surface area contributed by atoms with E-state index in [2.05, 4.69) is 0 Å². The molecule has 0 bridgehead atoms. The lowest BCUT2D eigenvalue weighted by Crippen LogP contribution is -2.35. The van der Waals surface area contributed by atoms with Gasteiger partial charge in [-0.05, 0) is 24.3 Å². The Morgan fingerprint density at radius 3 is 2.32 bits per heavy atom. The molecule has 3 amide bonds. The van der Waals surface area contributed by atoms with Crippen LogP contribution < -0.4 is 16.4 Å². The molecular weight excluding hydrogens is 299 g/mol. The summed E-state index contributed by atoms with van der Waals surface area (Å²) >= 11 is 0. The third-order valence-corrected chi connectivity index (χ3v) is 2.72. The quantitative estimate of drug-likeness (QED) is 0.589. The van der Waals surface area contributed by atoms with Gasteiger partial charge in [0.1, 0.15) is 0 Å². The number of hydrogen-bond acceptors (Lipinski definition) is 3. The highest BCUT2D eigenvalue weighted by molar-refractivity contribution is 6.10. The van der Waals surface area contributed by atoms with Crippen molar-refractivity contribution in [2.45, 2.75) is 0 Å². The number of nitrogen functional groups attached to an aromatic ring is 1. The zero-order valence-electron chi connectivity index (χ0n) is 11.0. The maximum atomic E-state index is 13.4. The fraction of sp³-hybridized carbons (Fsp3) is 0. The number of rotatable bonds is 2. The first-order valence-electron chi connectivity index (χ1n) is 6.00. The van der Waals surface area contributed by atoms with Gasteiger partial charge < -0.3 is 11.1 Å². The van der Waals surface area contributed by atoms with Gasteiger partial charge in [0.15, 0.2) is 17.5 Å². The van der Waals surface area contributed by atoms with Gasteiger partial charge in [-0.1, -0.05) is 12.1 Å². The summed E-state index contributed by atoms with van der Waals surface area (Å²) in [5, 5.41) is 3.80. The number of imide groups is 1. The van der Waals surface area contributed by atoms with Crippen LogP contribution in [0.25, 0.3) is 0 Å². The lowest BCUT2D eigenvalue weighted by atomic mass is 10.2. The third kappa shape index (κ3) is 3.17. The number of anilines is 2. The van der Waals surface area contributed by atoms with Crippen LogP contribution in [0.2, 0.25) is 0 Å². The highest BCUT2D eigenvalue weighted by Crippen LogP contribution is 2.19. The summed E-state index contributed by atoms with van der Waals surface area (Å²) in [6.45, 7) is 0. The average molecular weight is 309 g/mol. The van der Waals surface area contributed by atoms with Crippen molar-refractivity contribution in [3.63, 3.8) is 0 Å². The number of hydrogen-bond donors (Lipinski definition) is 3. The van der Waals surface area contributed by atoms with Gasteiger partial charge in [-0.2, -0.15) is 0 Å². The maximum absolute atomic E-state index is 13.4. The van der Waals surface area contributed by atoms with Crippen LogP contribution in [0.15, 0.2) is 36.4 Å². The monoisotopic (exact) mass is 309 g/mol. The molecule has 0 unspecified atom stereocenters. The Kier molecular flexibility index (Phi) is 4.31. The summed E-state index contributed by atoms with van der Waals surface area (Å²) in [5.74, 6) is -5.51. The number of amides is 3. The van der Waals surface area contributed by atoms with Crippen molar-refractivity contribution in [1.29, 1.82) is 0 Å². The largest absolute Gasteiger partial charge is 0.398 e. The first kappa shape index (κ1) is 15.4. The number of urea groups is 1. The fourth-order valence-corrected chi connectivity index (χ4v) is 1.65. The van der Waals surface area contributed by atoms with Crippen molar-refractivity contribution in [3.05, 3.63) is 59.4 Å². The topological polar surface area (TPSA) is 84.2 Å². The van der Waals surface area contributed by atoms with Gasteiger partial charge in [-0.3, -0.25) is 10.1 Å². The van der Waals surface area contributed by atoms with E-state index in [-0.39, 0.29) is 11.3 Å². The molecule has 0 aliphatic heterocycles. The highest BCUT2D eigenvalue weighted by Gasteiger charge is 2.17. The molecule has 4 N–H and O–H groups in total. The molecule has 114 valence electrons. The van der Waals surface area contributed by atoms with Gasteiger partial charge in [-0.25, -0.2) is 18.0 Å². The summed E-state index contributed by atoms with van der Waals surface area (Å²) in [4.78, 5) is 23.4. The van der Waals surface area contributed by atoms with Gasteiger partial charge in [0.05, 0.1) is 11.3 Å². The minimum absolute atomic E-state index is 0.0448. The molecule has 0 aromatic heterocycles. The van der Waals surface area contributed by atoms with Crippen LogP contribution >= 0.6 is 0 Å². The van der Waals surface area contributed by atoms with Crippen LogP contribution in [-0.2, 0) is 0 Å². The number of nitrogens with two attached hydrogens (primary N) is 1. The second kappa shape index (κ2) is 6.17. The van der Waals surface area contributed by atoms with Crippen LogP contribution in [0, 0.1) is 17.5 Å². The minimum Gasteiger partial charge on any atom is -0.398 e. The van der Waals surface area contributed by atoms with E-state index < -0.39 is 35.1 Å². The molecule has 0 saturated carbocycles. The van der Waals surface area contributed by atoms with E-state index in [0.717, 1.165) is 6.07 Å². The standard InChI is InChI=1S/C14H10F3N3O2/c15-8-5-6-10(12(17)11(8)16)19-14(22)20-13(21)7-3-1-2-4-9(7)18/h1-6H,18H2,(H2,19,20,21,22). The summed E-state index contributed by atoms with van der Waals surface area (Å²) in [7, 11) is 0. The molecule has 22 heavy (non-hydrogen) atoms. The molecule has 2 aromatic rings. The Balaban J connectivity index is 2.10. The van der Waals surface area contributed by atoms with Gasteiger partial charge in [0.25, 0.3) is 5.91 Å². The zero-order valence-corrected chi connectivity index (χ0v) is 11.0. The van der Waals surface area contributed by atoms with Crippen molar-refractivity contribution in [3.8, 4) is 0 Å². The summed E-state index contributed by atoms with van der Waals surface area (Å²) in [5.41, 5.74) is 5.15. The van der Waals surface area contributed by atoms with E-state index in [1.54, 1.807) is 6.07 Å². The van der Waals surface area contributed by atoms with E-state index in [1.807, 2.05) is 10.6 Å². The van der Waals surface area contributed by atoms with Gasteiger partial charge in [0, 0.05) is 5.69 Å². The van der Waals surface area contributed by atoms with Crippen molar-refractivity contribution in [1.82, 2.24) is 5.32 Å². The first-order valence-corrected chi connectivity index (χ1v) is 6.00. The Bertz CT molecular complexity index is 750. The minimum atomic E-state index is -1.73. The molecule has 0 aliphatic rings. The zero-order chi connectivity index (χ0) is 16.3. The van der Waals surface area contributed by atoms with Crippen LogP contribution in [0.1, 0.15) is 10.4 Å². The predicted octanol–water partition coefficient (Wildman–Crippen LogP) is 2.65. The van der Waals surface area contributed by atoms with Crippen LogP contribution in [0.5, 0.6) is 0 Å². The number of carbonyl (C=O) groups excluding carboxylic acids is 2. The van der Waals surface area contributed by atoms with E-state index in [0.29, 0.717) is 6.07 Å². The highest BCUT2D eigenvalue weighted by atomic mass is 19.2. The lowest BCUT2D eigenvalue weighted by Gasteiger charge is -2.09. The van der Waals surface area contributed by atoms with Crippen LogP contribution in [0.3, 0.4) is 0 Å². The smallest absolute Gasteiger partial charge is 0.326 e. The second-order valence-electron chi connectivity index (χ2n) is 4.22. The normalized spacial score (nSPS) is 10.1. The first-order chi connectivity index (χ1) is 10.4. The maximum Gasteiger partial charge on any atom is 0.326 e. The van der Waals surface area contributed by atoms with Gasteiger partial charge >= 0.3 is 6.03 Å². The SMILES string of the molecule is Nc1ccccc1C(=O)NC(=O)Nc1ccc(F)c(F)c1F. The molecule has 8 heteroatoms. The molecular formula is C14H10F3N3O2. The molecule has 2 aromatic carbocycles. The van der Waals surface area contributed by atoms with E-state index in [4.69, 9.17) is 5.73 Å². The Morgan fingerprint density at radius 1 is 0.955 bits per heavy atom. The molecule has 0 heterocycles. The van der Waals surface area contributed by atoms with Crippen molar-refractivity contribution in [2.24, 2.45) is 0 Å². The van der Waals surface area contributed by atoms with E-state index in [9.17, 15) is 22.8 Å². The molecule has 5 nitrogen and oxygen atoms in total. The Morgan fingerprint density at radius 2 is 1.64 bits per heavy atom. The van der Waals surface area contributed by atoms with Crippen LogP contribution in [-0.4, -0.2) is 11.9 Å². The molecule has 0 saturated heterocycles. The fourth-order valence-electron chi connectivity index (χ4n) is 1.65. The summed E-state index contributed by atoms with van der Waals surface area (Å²) in [6, 6.07) is 6.34. The number of benzene rings is 2. The number of nitrogens with one attached hydrogen (secondary N) is 2. The molecule has 0 spiro atoms. The summed E-state index contributed by atoms with van der Waals surface area (Å²) < 4.78 is 39.2. The predicted molar refractivity (Wildman–Crippen MR) is 73.7 cm³/mol. The molecule has 0 atom stereocenters. The number of carbonyl (C=O) groups is 2. The van der Waals surface area contributed by atoms with Crippen molar-refractivity contribution in [2.75, 3.05) is 11.1 Å². The van der Waals surface area contributed by atoms with E-state index >= 15 is 0 Å². The van der Waals surface area contributed by atoms with Crippen LogP contribution in [0.4, 0.5) is 29.3 Å². The molecule has 0 radical (unpaired) electrons. The second-order valence-corrected chi connectivity index (χ2v) is 4.22. The van der Waals surface area contributed by atoms with E-state index in [1.165, 1.54) is 18.2 Å².